The van der Waals surface area contributed by atoms with Crippen LogP contribution in [0.2, 0.25) is 5.02 Å². The summed E-state index contributed by atoms with van der Waals surface area (Å²) in [5, 5.41) is 15.2. The van der Waals surface area contributed by atoms with Gasteiger partial charge >= 0.3 is 12.1 Å². The minimum absolute atomic E-state index is 0.160. The van der Waals surface area contributed by atoms with Gasteiger partial charge in [0.1, 0.15) is 0 Å². The molecule has 1 amide bonds. The summed E-state index contributed by atoms with van der Waals surface area (Å²) < 4.78 is 45.0. The van der Waals surface area contributed by atoms with E-state index in [1.165, 1.54) is 0 Å². The van der Waals surface area contributed by atoms with Crippen LogP contribution in [0.3, 0.4) is 0 Å². The number of aromatic nitrogens is 3. The Morgan fingerprint density at radius 3 is 2.42 bits per heavy atom. The molecular weight excluding hydrogens is 581 g/mol. The van der Waals surface area contributed by atoms with Crippen molar-refractivity contribution in [2.75, 3.05) is 6.54 Å². The van der Waals surface area contributed by atoms with Crippen molar-refractivity contribution in [3.05, 3.63) is 51.9 Å². The number of carbonyl (C=O) groups is 2. The molecule has 2 heterocycles. The number of nitrogens with one attached hydrogen (secondary N) is 1. The summed E-state index contributed by atoms with van der Waals surface area (Å²) in [5.41, 5.74) is 0.498. The van der Waals surface area contributed by atoms with Crippen molar-refractivity contribution in [1.82, 2.24) is 19.7 Å². The monoisotopic (exact) mass is 618 g/mol. The highest BCUT2D eigenvalue weighted by Gasteiger charge is 2.63. The molecule has 0 unspecified atom stereocenters. The Kier molecular flexibility index (Phi) is 7.18. The fourth-order valence-corrected chi connectivity index (χ4v) is 8.34. The van der Waals surface area contributed by atoms with Gasteiger partial charge in [-0.2, -0.15) is 18.3 Å². The molecule has 11 heteroatoms. The van der Waals surface area contributed by atoms with Gasteiger partial charge in [0.05, 0.1) is 28.2 Å². The van der Waals surface area contributed by atoms with Crippen LogP contribution < -0.4 is 0 Å². The van der Waals surface area contributed by atoms with Crippen molar-refractivity contribution in [3.63, 3.8) is 0 Å². The van der Waals surface area contributed by atoms with Crippen LogP contribution in [0.25, 0.3) is 10.9 Å². The van der Waals surface area contributed by atoms with E-state index < -0.39 is 40.8 Å². The zero-order valence-electron chi connectivity index (χ0n) is 24.9. The number of halogens is 4. The lowest BCUT2D eigenvalue weighted by molar-refractivity contribution is -0.152. The van der Waals surface area contributed by atoms with Gasteiger partial charge < -0.3 is 15.0 Å². The fraction of sp³-hybridized carbons (Fsp3) is 0.594. The standard InChI is InChI=1S/C32H38ClF3N4O3/c1-17-20(26-24(33)6-5-7-25(26)38-17)10-13-39(19-14-22-23(15-19)30(22,2)3)28(41)21-16-37-40(27(21)32(34,35)36)18-8-11-31(4,12-9-18)29(42)43/h5-7,16,18-19,22-23,38H,8-15H2,1-4H3,(H,42,43)/t18-,19-,22+,23-,31-. The lowest BCUT2D eigenvalue weighted by Crippen LogP contribution is -2.42. The molecule has 3 atom stereocenters. The van der Waals surface area contributed by atoms with Crippen molar-refractivity contribution >= 4 is 34.4 Å². The number of aromatic amines is 1. The fourth-order valence-electron chi connectivity index (χ4n) is 8.06. The van der Waals surface area contributed by atoms with Gasteiger partial charge in [0, 0.05) is 29.2 Å². The largest absolute Gasteiger partial charge is 0.481 e. The van der Waals surface area contributed by atoms with Crippen molar-refractivity contribution < 1.29 is 27.9 Å². The number of aryl methyl sites for hydroxylation is 1. The number of carboxylic acid groups (broad SMARTS) is 1. The number of carbonyl (C=O) groups excluding carboxylic acids is 1. The molecule has 0 saturated heterocycles. The van der Waals surface area contributed by atoms with Gasteiger partial charge in [0.25, 0.3) is 5.91 Å². The van der Waals surface area contributed by atoms with Gasteiger partial charge in [-0.05, 0) is 93.7 Å². The van der Waals surface area contributed by atoms with Crippen LogP contribution >= 0.6 is 11.6 Å². The summed E-state index contributed by atoms with van der Waals surface area (Å²) in [6.45, 7) is 8.25. The van der Waals surface area contributed by atoms with Crippen LogP contribution in [0.15, 0.2) is 24.4 Å². The first kappa shape index (κ1) is 30.0. The molecule has 1 aromatic carbocycles. The van der Waals surface area contributed by atoms with E-state index in [0.717, 1.165) is 45.9 Å². The molecule has 3 aliphatic rings. The zero-order valence-corrected chi connectivity index (χ0v) is 25.6. The van der Waals surface area contributed by atoms with Crippen LogP contribution in [0.5, 0.6) is 0 Å². The quantitative estimate of drug-likeness (QED) is 0.284. The van der Waals surface area contributed by atoms with Crippen LogP contribution in [0, 0.1) is 29.6 Å². The summed E-state index contributed by atoms with van der Waals surface area (Å²) in [5.74, 6) is -0.698. The molecule has 2 aromatic heterocycles. The van der Waals surface area contributed by atoms with E-state index in [-0.39, 0.29) is 43.7 Å². The number of benzene rings is 1. The molecule has 0 bridgehead atoms. The Balaban J connectivity index is 1.32. The summed E-state index contributed by atoms with van der Waals surface area (Å²) in [4.78, 5) is 30.9. The summed E-state index contributed by atoms with van der Waals surface area (Å²) in [6.07, 6.45) is -0.787. The lowest BCUT2D eigenvalue weighted by atomic mass is 9.74. The average molecular weight is 619 g/mol. The number of rotatable bonds is 7. The van der Waals surface area contributed by atoms with E-state index in [1.54, 1.807) is 11.8 Å². The maximum Gasteiger partial charge on any atom is 0.433 e. The molecule has 6 rings (SSSR count). The van der Waals surface area contributed by atoms with E-state index in [1.807, 2.05) is 25.1 Å². The Labute approximate surface area is 253 Å². The van der Waals surface area contributed by atoms with Crippen molar-refractivity contribution in [3.8, 4) is 0 Å². The van der Waals surface area contributed by atoms with Gasteiger partial charge in [-0.25, -0.2) is 0 Å². The highest BCUT2D eigenvalue weighted by molar-refractivity contribution is 6.35. The number of carboxylic acids is 1. The van der Waals surface area contributed by atoms with Crippen LogP contribution in [-0.4, -0.2) is 49.2 Å². The lowest BCUT2D eigenvalue weighted by Gasteiger charge is -2.35. The van der Waals surface area contributed by atoms with Gasteiger partial charge in [-0.3, -0.25) is 14.3 Å². The molecule has 3 aliphatic carbocycles. The number of hydrogen-bond acceptors (Lipinski definition) is 3. The Bertz CT molecular complexity index is 1570. The van der Waals surface area contributed by atoms with Crippen LogP contribution in [0.1, 0.15) is 92.6 Å². The summed E-state index contributed by atoms with van der Waals surface area (Å²) >= 11 is 6.55. The number of amides is 1. The van der Waals surface area contributed by atoms with Gasteiger partial charge in [0.2, 0.25) is 0 Å². The van der Waals surface area contributed by atoms with E-state index in [2.05, 4.69) is 23.9 Å². The molecule has 0 radical (unpaired) electrons. The number of nitrogens with zero attached hydrogens (tertiary/aromatic N) is 3. The van der Waals surface area contributed by atoms with Crippen LogP contribution in [0.4, 0.5) is 13.2 Å². The predicted molar refractivity (Wildman–Crippen MR) is 157 cm³/mol. The second-order valence-electron chi connectivity index (χ2n) is 13.7. The van der Waals surface area contributed by atoms with Gasteiger partial charge in [0.15, 0.2) is 5.69 Å². The Hall–Kier alpha value is -3.01. The van der Waals surface area contributed by atoms with Crippen LogP contribution in [-0.2, 0) is 17.4 Å². The number of H-pyrrole nitrogens is 1. The van der Waals surface area contributed by atoms with Crippen molar-refractivity contribution in [2.24, 2.45) is 22.7 Å². The second-order valence-corrected chi connectivity index (χ2v) is 14.2. The molecule has 3 aromatic rings. The normalized spacial score (nSPS) is 28.2. The van der Waals surface area contributed by atoms with E-state index in [9.17, 15) is 27.9 Å². The molecule has 0 spiro atoms. The minimum atomic E-state index is -4.80. The number of aliphatic carboxylic acids is 1. The van der Waals surface area contributed by atoms with Gasteiger partial charge in [-0.1, -0.05) is 31.5 Å². The average Bonchev–Trinajstić information content (AvgIpc) is 3.45. The maximum atomic E-state index is 14.7. The minimum Gasteiger partial charge on any atom is -0.481 e. The summed E-state index contributed by atoms with van der Waals surface area (Å²) in [7, 11) is 0. The first-order valence-corrected chi connectivity index (χ1v) is 15.5. The first-order chi connectivity index (χ1) is 20.1. The number of fused-ring (bicyclic) bond motifs is 2. The topological polar surface area (TPSA) is 91.2 Å². The predicted octanol–water partition coefficient (Wildman–Crippen LogP) is 7.67. The highest BCUT2D eigenvalue weighted by atomic mass is 35.5. The third-order valence-electron chi connectivity index (χ3n) is 10.9. The van der Waals surface area contributed by atoms with E-state index in [4.69, 9.17) is 11.6 Å². The number of alkyl halides is 3. The third-order valence-corrected chi connectivity index (χ3v) is 11.3. The maximum absolute atomic E-state index is 14.7. The first-order valence-electron chi connectivity index (χ1n) is 15.1. The van der Waals surface area contributed by atoms with E-state index in [0.29, 0.717) is 23.3 Å². The van der Waals surface area contributed by atoms with Gasteiger partial charge in [-0.15, -0.1) is 0 Å². The Morgan fingerprint density at radius 1 is 1.16 bits per heavy atom. The van der Waals surface area contributed by atoms with Crippen molar-refractivity contribution in [1.29, 1.82) is 0 Å². The third kappa shape index (κ3) is 5.03. The smallest absolute Gasteiger partial charge is 0.433 e. The summed E-state index contributed by atoms with van der Waals surface area (Å²) in [6, 6.07) is 4.81. The zero-order chi connectivity index (χ0) is 31.1. The molecule has 7 nitrogen and oxygen atoms in total. The number of hydrogen-bond donors (Lipinski definition) is 2. The van der Waals surface area contributed by atoms with E-state index >= 15 is 0 Å². The molecule has 2 N–H and O–H groups in total. The molecular formula is C32H38ClF3N4O3. The SMILES string of the molecule is Cc1[nH]c2cccc(Cl)c2c1CCN(C(=O)c1cnn([C@H]2CC[C@](C)(C(=O)O)CC2)c1C(F)(F)F)[C@H]1C[C@@H]2[C@H](C1)C2(C)C. The molecule has 3 fully saturated rings. The molecule has 43 heavy (non-hydrogen) atoms. The molecule has 0 aliphatic heterocycles. The Morgan fingerprint density at radius 2 is 1.81 bits per heavy atom. The molecule has 3 saturated carbocycles. The molecule has 232 valence electrons. The second kappa shape index (κ2) is 10.3. The van der Waals surface area contributed by atoms with Crippen molar-refractivity contribution in [2.45, 2.75) is 90.9 Å². The highest BCUT2D eigenvalue weighted by Crippen LogP contribution is 2.67.